The summed E-state index contributed by atoms with van der Waals surface area (Å²) in [5.41, 5.74) is 3.11. The number of hydrogen-bond donors (Lipinski definition) is 0. The van der Waals surface area contributed by atoms with Gasteiger partial charge in [0.15, 0.2) is 0 Å². The lowest BCUT2D eigenvalue weighted by molar-refractivity contribution is 0.404. The molecule has 6 heteroatoms. The lowest BCUT2D eigenvalue weighted by Gasteiger charge is -2.20. The number of sulfonamides is 1. The van der Waals surface area contributed by atoms with Gasteiger partial charge in [0, 0.05) is 16.8 Å². The summed E-state index contributed by atoms with van der Waals surface area (Å²) in [7, 11) is -3.52. The second kappa shape index (κ2) is 5.33. The van der Waals surface area contributed by atoms with Gasteiger partial charge in [-0.05, 0) is 42.6 Å². The van der Waals surface area contributed by atoms with E-state index in [9.17, 15) is 8.42 Å². The molecule has 3 aromatic rings. The highest BCUT2D eigenvalue weighted by Crippen LogP contribution is 2.31. The van der Waals surface area contributed by atoms with E-state index in [1.807, 2.05) is 48.8 Å². The normalized spacial score (nSPS) is 15.0. The third-order valence-electron chi connectivity index (χ3n) is 4.13. The Labute approximate surface area is 139 Å². The molecule has 0 saturated carbocycles. The van der Waals surface area contributed by atoms with Crippen LogP contribution >= 0.6 is 11.3 Å². The highest BCUT2D eigenvalue weighted by molar-refractivity contribution is 7.89. The van der Waals surface area contributed by atoms with Gasteiger partial charge in [0.05, 0.1) is 23.7 Å². The van der Waals surface area contributed by atoms with E-state index in [0.717, 1.165) is 21.8 Å². The molecule has 0 radical (unpaired) electrons. The molecule has 2 aromatic heterocycles. The summed E-state index contributed by atoms with van der Waals surface area (Å²) < 4.78 is 29.7. The molecule has 1 aromatic carbocycles. The molecule has 0 atom stereocenters. The van der Waals surface area contributed by atoms with Gasteiger partial charge in [-0.25, -0.2) is 8.42 Å². The number of fused-ring (bicyclic) bond motifs is 3. The molecular weight excluding hydrogens is 328 g/mol. The largest absolute Gasteiger partial charge is 0.318 e. The second-order valence-corrected chi connectivity index (χ2v) is 8.62. The van der Waals surface area contributed by atoms with Crippen molar-refractivity contribution in [2.75, 3.05) is 0 Å². The fourth-order valence-corrected chi connectivity index (χ4v) is 5.21. The first-order valence-electron chi connectivity index (χ1n) is 7.35. The molecule has 4 rings (SSSR count). The Morgan fingerprint density at radius 3 is 2.61 bits per heavy atom. The number of thiophene rings is 1. The van der Waals surface area contributed by atoms with Crippen molar-refractivity contribution in [2.45, 2.75) is 24.9 Å². The van der Waals surface area contributed by atoms with Crippen molar-refractivity contribution >= 4 is 21.4 Å². The zero-order valence-corrected chi connectivity index (χ0v) is 14.3. The number of rotatable bonds is 2. The third kappa shape index (κ3) is 2.43. The van der Waals surface area contributed by atoms with Crippen LogP contribution in [-0.4, -0.2) is 17.3 Å². The van der Waals surface area contributed by atoms with Crippen LogP contribution in [0.5, 0.6) is 0 Å². The van der Waals surface area contributed by atoms with Crippen LogP contribution in [0.1, 0.15) is 16.1 Å². The van der Waals surface area contributed by atoms with E-state index in [1.54, 1.807) is 27.8 Å². The maximum Gasteiger partial charge on any atom is 0.243 e. The Morgan fingerprint density at radius 2 is 1.83 bits per heavy atom. The van der Waals surface area contributed by atoms with E-state index in [1.165, 1.54) is 0 Å². The maximum absolute atomic E-state index is 13.0. The average Bonchev–Trinajstić information content (AvgIpc) is 3.14. The third-order valence-corrected chi connectivity index (χ3v) is 6.83. The molecular formula is C17H16N2O2S2. The van der Waals surface area contributed by atoms with Crippen molar-refractivity contribution in [3.8, 4) is 5.69 Å². The molecule has 0 fully saturated rings. The predicted octanol–water partition coefficient (Wildman–Crippen LogP) is 3.55. The first-order valence-corrected chi connectivity index (χ1v) is 9.67. The van der Waals surface area contributed by atoms with E-state index < -0.39 is 10.0 Å². The predicted molar refractivity (Wildman–Crippen MR) is 91.3 cm³/mol. The van der Waals surface area contributed by atoms with Gasteiger partial charge < -0.3 is 4.57 Å². The van der Waals surface area contributed by atoms with Crippen LogP contribution in [0, 0.1) is 6.92 Å². The molecule has 0 bridgehead atoms. The Balaban J connectivity index is 1.80. The van der Waals surface area contributed by atoms with Gasteiger partial charge in [-0.15, -0.1) is 11.3 Å². The molecule has 0 amide bonds. The number of aryl methyl sites for hydroxylation is 1. The standard InChI is InChI=1S/C17H16N2O2S2/c1-13-4-6-15(7-5-13)23(20,21)18-11-14-3-2-9-19(14)16-8-10-22-17(16)12-18/h2-10H,11-12H2,1H3. The Bertz CT molecular complexity index is 910. The fraction of sp³-hybridized carbons (Fsp3) is 0.176. The van der Waals surface area contributed by atoms with E-state index in [4.69, 9.17) is 0 Å². The molecule has 0 spiro atoms. The van der Waals surface area contributed by atoms with Gasteiger partial charge in [0.25, 0.3) is 0 Å². The van der Waals surface area contributed by atoms with Crippen molar-refractivity contribution in [1.29, 1.82) is 0 Å². The van der Waals surface area contributed by atoms with E-state index in [-0.39, 0.29) is 0 Å². The van der Waals surface area contributed by atoms with Crippen LogP contribution < -0.4 is 0 Å². The van der Waals surface area contributed by atoms with E-state index in [0.29, 0.717) is 18.0 Å². The summed E-state index contributed by atoms with van der Waals surface area (Å²) in [5, 5.41) is 2.01. The van der Waals surface area contributed by atoms with Crippen LogP contribution in [0.25, 0.3) is 5.69 Å². The first kappa shape index (κ1) is 14.7. The number of hydrogen-bond acceptors (Lipinski definition) is 3. The van der Waals surface area contributed by atoms with Crippen molar-refractivity contribution in [3.63, 3.8) is 0 Å². The molecule has 4 nitrogen and oxygen atoms in total. The van der Waals surface area contributed by atoms with E-state index >= 15 is 0 Å². The summed E-state index contributed by atoms with van der Waals surface area (Å²) in [6.45, 7) is 2.74. The van der Waals surface area contributed by atoms with Gasteiger partial charge >= 0.3 is 0 Å². The van der Waals surface area contributed by atoms with Gasteiger partial charge in [-0.1, -0.05) is 17.7 Å². The molecule has 0 aliphatic carbocycles. The molecule has 1 aliphatic rings. The van der Waals surface area contributed by atoms with Crippen LogP contribution in [0.4, 0.5) is 0 Å². The van der Waals surface area contributed by atoms with Crippen molar-refractivity contribution < 1.29 is 8.42 Å². The van der Waals surface area contributed by atoms with E-state index in [2.05, 4.69) is 4.57 Å². The fourth-order valence-electron chi connectivity index (χ4n) is 2.87. The molecule has 0 unspecified atom stereocenters. The van der Waals surface area contributed by atoms with Crippen LogP contribution in [0.15, 0.2) is 58.9 Å². The number of nitrogens with zero attached hydrogens (tertiary/aromatic N) is 2. The molecule has 0 saturated heterocycles. The number of aromatic nitrogens is 1. The minimum absolute atomic E-state index is 0.348. The van der Waals surface area contributed by atoms with Gasteiger partial charge in [0.2, 0.25) is 10.0 Å². The minimum Gasteiger partial charge on any atom is -0.318 e. The molecule has 23 heavy (non-hydrogen) atoms. The zero-order chi connectivity index (χ0) is 16.0. The van der Waals surface area contributed by atoms with Gasteiger partial charge in [-0.3, -0.25) is 0 Å². The highest BCUT2D eigenvalue weighted by Gasteiger charge is 2.29. The quantitative estimate of drug-likeness (QED) is 0.713. The second-order valence-electron chi connectivity index (χ2n) is 5.68. The maximum atomic E-state index is 13.0. The Hall–Kier alpha value is -1.89. The van der Waals surface area contributed by atoms with Gasteiger partial charge in [0.1, 0.15) is 0 Å². The average molecular weight is 344 g/mol. The molecule has 118 valence electrons. The van der Waals surface area contributed by atoms with Crippen LogP contribution in [-0.2, 0) is 23.1 Å². The summed E-state index contributed by atoms with van der Waals surface area (Å²) in [4.78, 5) is 1.41. The lowest BCUT2D eigenvalue weighted by Crippen LogP contribution is -2.29. The zero-order valence-electron chi connectivity index (χ0n) is 12.6. The smallest absolute Gasteiger partial charge is 0.243 e. The van der Waals surface area contributed by atoms with Crippen molar-refractivity contribution in [3.05, 3.63) is 70.2 Å². The Morgan fingerprint density at radius 1 is 1.04 bits per heavy atom. The molecule has 3 heterocycles. The summed E-state index contributed by atoms with van der Waals surface area (Å²) >= 11 is 1.60. The monoisotopic (exact) mass is 344 g/mol. The first-order chi connectivity index (χ1) is 11.1. The van der Waals surface area contributed by atoms with Crippen molar-refractivity contribution in [1.82, 2.24) is 8.87 Å². The minimum atomic E-state index is -3.52. The molecule has 1 aliphatic heterocycles. The summed E-state index contributed by atoms with van der Waals surface area (Å²) in [6.07, 6.45) is 1.99. The summed E-state index contributed by atoms with van der Waals surface area (Å²) in [6, 6.07) is 13.0. The summed E-state index contributed by atoms with van der Waals surface area (Å²) in [5.74, 6) is 0. The Kier molecular flexibility index (Phi) is 3.41. The SMILES string of the molecule is Cc1ccc(S(=O)(=O)N2Cc3sccc3-n3cccc3C2)cc1. The van der Waals surface area contributed by atoms with Gasteiger partial charge in [-0.2, -0.15) is 4.31 Å². The van der Waals surface area contributed by atoms with Crippen molar-refractivity contribution in [2.24, 2.45) is 0 Å². The highest BCUT2D eigenvalue weighted by atomic mass is 32.2. The van der Waals surface area contributed by atoms with Crippen LogP contribution in [0.3, 0.4) is 0 Å². The topological polar surface area (TPSA) is 42.3 Å². The van der Waals surface area contributed by atoms with Crippen LogP contribution in [0.2, 0.25) is 0 Å². The number of benzene rings is 1. The molecule has 0 N–H and O–H groups in total. The lowest BCUT2D eigenvalue weighted by atomic mass is 10.2.